The van der Waals surface area contributed by atoms with E-state index in [4.69, 9.17) is 4.55 Å². The molecule has 1 N–H and O–H groups in total. The van der Waals surface area contributed by atoms with Gasteiger partial charge >= 0.3 is 0 Å². The molecule has 0 fully saturated rings. The second-order valence-corrected chi connectivity index (χ2v) is 4.68. The monoisotopic (exact) mass is 247 g/mol. The molecular weight excluding hydrogens is 234 g/mol. The van der Waals surface area contributed by atoms with Crippen molar-refractivity contribution in [2.24, 2.45) is 0 Å². The standard InChI is InChI=1S/C9H13NO5S/c1-2-3-4-10(11)5-8-6-15-7-9(8)16(12,13)14/h5-7H,2-4H2,1H3,(H,12,13,14). The van der Waals surface area contributed by atoms with Crippen molar-refractivity contribution in [3.63, 3.8) is 0 Å². The molecule has 1 rings (SSSR count). The Bertz CT molecular complexity index is 474. The molecule has 0 atom stereocenters. The Hall–Kier alpha value is -1.34. The van der Waals surface area contributed by atoms with Crippen molar-refractivity contribution in [3.05, 3.63) is 23.3 Å². The highest BCUT2D eigenvalue weighted by Crippen LogP contribution is 2.14. The molecule has 90 valence electrons. The maximum atomic E-state index is 11.3. The summed E-state index contributed by atoms with van der Waals surface area (Å²) in [6, 6.07) is 0. The molecule has 7 heteroatoms. The molecule has 0 aliphatic heterocycles. The maximum Gasteiger partial charge on any atom is 0.298 e. The molecular formula is C9H13NO5S. The summed E-state index contributed by atoms with van der Waals surface area (Å²) in [4.78, 5) is -0.398. The van der Waals surface area contributed by atoms with Crippen LogP contribution in [-0.2, 0) is 10.1 Å². The molecule has 0 unspecified atom stereocenters. The average molecular weight is 247 g/mol. The van der Waals surface area contributed by atoms with Crippen LogP contribution in [-0.4, -0.2) is 30.5 Å². The van der Waals surface area contributed by atoms with Crippen LogP contribution in [0.4, 0.5) is 0 Å². The predicted octanol–water partition coefficient (Wildman–Crippen LogP) is 1.26. The third-order valence-corrected chi connectivity index (χ3v) is 2.84. The van der Waals surface area contributed by atoms with E-state index in [1.807, 2.05) is 6.92 Å². The number of hydroxylamine groups is 1. The third-order valence-electron chi connectivity index (χ3n) is 1.95. The zero-order chi connectivity index (χ0) is 12.2. The lowest BCUT2D eigenvalue weighted by Gasteiger charge is -2.01. The van der Waals surface area contributed by atoms with Crippen LogP contribution in [0.1, 0.15) is 25.3 Å². The second kappa shape index (κ2) is 5.13. The molecule has 16 heavy (non-hydrogen) atoms. The summed E-state index contributed by atoms with van der Waals surface area (Å²) in [5.74, 6) is 0. The number of hydrogen-bond acceptors (Lipinski definition) is 4. The first-order chi connectivity index (χ1) is 7.45. The van der Waals surface area contributed by atoms with Crippen molar-refractivity contribution < 1.29 is 22.1 Å². The highest BCUT2D eigenvalue weighted by atomic mass is 32.2. The second-order valence-electron chi connectivity index (χ2n) is 3.29. The van der Waals surface area contributed by atoms with Crippen LogP contribution in [0.25, 0.3) is 0 Å². The number of unbranched alkanes of at least 4 members (excludes halogenated alkanes) is 1. The largest absolute Gasteiger partial charge is 0.624 e. The van der Waals surface area contributed by atoms with Gasteiger partial charge in [-0.25, -0.2) is 4.74 Å². The first-order valence-electron chi connectivity index (χ1n) is 4.77. The van der Waals surface area contributed by atoms with Crippen molar-refractivity contribution >= 4 is 16.3 Å². The number of furan rings is 1. The summed E-state index contributed by atoms with van der Waals surface area (Å²) in [6.07, 6.45) is 4.64. The SMILES string of the molecule is CCCC[N+]([O-])=Cc1cocc1S(=O)(=O)O. The van der Waals surface area contributed by atoms with Gasteiger partial charge in [0.1, 0.15) is 17.4 Å². The van der Waals surface area contributed by atoms with Gasteiger partial charge in [0.25, 0.3) is 10.1 Å². The van der Waals surface area contributed by atoms with Crippen LogP contribution in [0, 0.1) is 5.21 Å². The maximum absolute atomic E-state index is 11.3. The van der Waals surface area contributed by atoms with E-state index in [0.717, 1.165) is 25.2 Å². The summed E-state index contributed by atoms with van der Waals surface area (Å²) < 4.78 is 35.8. The van der Waals surface area contributed by atoms with Crippen molar-refractivity contribution in [1.82, 2.24) is 0 Å². The lowest BCUT2D eigenvalue weighted by Crippen LogP contribution is -2.09. The summed E-state index contributed by atoms with van der Waals surface area (Å²) in [5, 5.41) is 11.3. The van der Waals surface area contributed by atoms with Gasteiger partial charge in [-0.2, -0.15) is 8.42 Å². The minimum atomic E-state index is -4.35. The molecule has 0 spiro atoms. The first kappa shape index (κ1) is 12.7. The molecule has 6 nitrogen and oxygen atoms in total. The highest BCUT2D eigenvalue weighted by Gasteiger charge is 2.18. The Balaban J connectivity index is 2.94. The third kappa shape index (κ3) is 3.35. The topological polar surface area (TPSA) is 93.6 Å². The fourth-order valence-corrected chi connectivity index (χ4v) is 1.71. The minimum Gasteiger partial charge on any atom is -0.624 e. The molecule has 1 aromatic heterocycles. The molecule has 0 bridgehead atoms. The molecule has 0 saturated carbocycles. The van der Waals surface area contributed by atoms with Crippen LogP contribution < -0.4 is 0 Å². The Morgan fingerprint density at radius 1 is 1.56 bits per heavy atom. The summed E-state index contributed by atoms with van der Waals surface area (Å²) in [6.45, 7) is 2.21. The normalized spacial score (nSPS) is 13.0. The van der Waals surface area contributed by atoms with Crippen LogP contribution in [0.5, 0.6) is 0 Å². The summed E-state index contributed by atoms with van der Waals surface area (Å²) in [5.41, 5.74) is 0.0496. The van der Waals surface area contributed by atoms with Gasteiger partial charge in [-0.3, -0.25) is 4.55 Å². The Kier molecular flexibility index (Phi) is 4.08. The van der Waals surface area contributed by atoms with E-state index >= 15 is 0 Å². The quantitative estimate of drug-likeness (QED) is 0.278. The van der Waals surface area contributed by atoms with E-state index in [1.54, 1.807) is 0 Å². The fraction of sp³-hybridized carbons (Fsp3) is 0.444. The zero-order valence-electron chi connectivity index (χ0n) is 8.79. The molecule has 1 heterocycles. The fourth-order valence-electron chi connectivity index (χ4n) is 1.13. The van der Waals surface area contributed by atoms with E-state index in [2.05, 4.69) is 4.42 Å². The molecule has 0 saturated heterocycles. The van der Waals surface area contributed by atoms with Crippen LogP contribution in [0.2, 0.25) is 0 Å². The Morgan fingerprint density at radius 3 is 2.81 bits per heavy atom. The molecule has 1 aromatic rings. The van der Waals surface area contributed by atoms with Crippen molar-refractivity contribution in [2.75, 3.05) is 6.54 Å². The Labute approximate surface area is 93.5 Å². The van der Waals surface area contributed by atoms with Gasteiger partial charge in [-0.1, -0.05) is 13.3 Å². The average Bonchev–Trinajstić information content (AvgIpc) is 2.62. The van der Waals surface area contributed by atoms with E-state index < -0.39 is 15.0 Å². The summed E-state index contributed by atoms with van der Waals surface area (Å²) in [7, 11) is -4.35. The van der Waals surface area contributed by atoms with Crippen LogP contribution >= 0.6 is 0 Å². The number of rotatable bonds is 5. The van der Waals surface area contributed by atoms with Crippen LogP contribution in [0.15, 0.2) is 21.8 Å². The van der Waals surface area contributed by atoms with Gasteiger partial charge in [0.05, 0.1) is 5.56 Å². The van der Waals surface area contributed by atoms with Gasteiger partial charge in [-0.05, 0) is 0 Å². The highest BCUT2D eigenvalue weighted by molar-refractivity contribution is 7.86. The van der Waals surface area contributed by atoms with Gasteiger partial charge in [-0.15, -0.1) is 0 Å². The first-order valence-corrected chi connectivity index (χ1v) is 6.21. The molecule has 0 aliphatic rings. The van der Waals surface area contributed by atoms with Crippen molar-refractivity contribution in [1.29, 1.82) is 0 Å². The minimum absolute atomic E-state index is 0.0496. The van der Waals surface area contributed by atoms with E-state index in [-0.39, 0.29) is 12.1 Å². The van der Waals surface area contributed by atoms with Gasteiger partial charge in [0.15, 0.2) is 12.8 Å². The van der Waals surface area contributed by atoms with E-state index in [1.165, 1.54) is 0 Å². The van der Waals surface area contributed by atoms with E-state index in [9.17, 15) is 13.6 Å². The summed E-state index contributed by atoms with van der Waals surface area (Å²) >= 11 is 0. The zero-order valence-corrected chi connectivity index (χ0v) is 9.61. The number of hydrogen-bond donors (Lipinski definition) is 1. The molecule has 0 aliphatic carbocycles. The van der Waals surface area contributed by atoms with Crippen LogP contribution in [0.3, 0.4) is 0 Å². The van der Waals surface area contributed by atoms with Gasteiger partial charge in [0, 0.05) is 6.42 Å². The van der Waals surface area contributed by atoms with Gasteiger partial charge < -0.3 is 9.62 Å². The predicted molar refractivity (Wildman–Crippen MR) is 57.1 cm³/mol. The van der Waals surface area contributed by atoms with Gasteiger partial charge in [0.2, 0.25) is 0 Å². The molecule has 0 radical (unpaired) electrons. The molecule has 0 amide bonds. The smallest absolute Gasteiger partial charge is 0.298 e. The lowest BCUT2D eigenvalue weighted by atomic mass is 10.3. The lowest BCUT2D eigenvalue weighted by molar-refractivity contribution is -0.452. The van der Waals surface area contributed by atoms with E-state index in [0.29, 0.717) is 11.2 Å². The van der Waals surface area contributed by atoms with Crippen molar-refractivity contribution in [3.8, 4) is 0 Å². The Morgan fingerprint density at radius 2 is 2.25 bits per heavy atom. The number of nitrogens with zero attached hydrogens (tertiary/aromatic N) is 1. The molecule has 0 aromatic carbocycles. The van der Waals surface area contributed by atoms with Crippen molar-refractivity contribution in [2.45, 2.75) is 24.7 Å².